The molecule has 0 spiro atoms. The number of hydrogen-bond acceptors (Lipinski definition) is 3. The summed E-state index contributed by atoms with van der Waals surface area (Å²) in [4.78, 5) is 22.6. The number of alkyl carbamates (subject to hydrolysis) is 1. The van der Waals surface area contributed by atoms with Crippen molar-refractivity contribution in [1.82, 2.24) is 5.32 Å². The Bertz CT molecular complexity index is 533. The predicted octanol–water partition coefficient (Wildman–Crippen LogP) is 2.77. The number of carbonyl (C=O) groups excluding carboxylic acids is 1. The monoisotopic (exact) mass is 277 g/mol. The smallest absolute Gasteiger partial charge is 0.407 e. The van der Waals surface area contributed by atoms with E-state index in [1.165, 1.54) is 0 Å². The van der Waals surface area contributed by atoms with E-state index in [-0.39, 0.29) is 17.5 Å². The first-order chi connectivity index (χ1) is 9.26. The van der Waals surface area contributed by atoms with E-state index >= 15 is 0 Å². The second kappa shape index (κ2) is 5.15. The van der Waals surface area contributed by atoms with Gasteiger partial charge in [0.1, 0.15) is 5.60 Å². The first-order valence-electron chi connectivity index (χ1n) is 6.59. The lowest BCUT2D eigenvalue weighted by molar-refractivity contribution is 0.0522. The maximum absolute atomic E-state index is 11.6. The van der Waals surface area contributed by atoms with Crippen LogP contribution in [0.5, 0.6) is 0 Å². The molecule has 5 heteroatoms. The number of aromatic carboxylic acids is 1. The molecule has 0 heterocycles. The predicted molar refractivity (Wildman–Crippen MR) is 73.9 cm³/mol. The maximum Gasteiger partial charge on any atom is 0.407 e. The lowest BCUT2D eigenvalue weighted by atomic mass is 10.1. The van der Waals surface area contributed by atoms with Gasteiger partial charge in [0.25, 0.3) is 0 Å². The molecule has 1 saturated carbocycles. The molecule has 1 aromatic rings. The van der Waals surface area contributed by atoms with Gasteiger partial charge in [0.05, 0.1) is 5.56 Å². The average molecular weight is 277 g/mol. The molecular formula is C15H19NO4. The molecule has 1 amide bonds. The average Bonchev–Trinajstić information content (AvgIpc) is 3.05. The molecule has 1 aliphatic carbocycles. The molecule has 1 aromatic carbocycles. The highest BCUT2D eigenvalue weighted by Crippen LogP contribution is 2.41. The Balaban J connectivity index is 1.93. The fourth-order valence-corrected chi connectivity index (χ4v) is 2.08. The zero-order valence-electron chi connectivity index (χ0n) is 11.8. The Morgan fingerprint density at radius 1 is 1.35 bits per heavy atom. The van der Waals surface area contributed by atoms with Crippen LogP contribution in [-0.4, -0.2) is 28.8 Å². The number of ether oxygens (including phenoxy) is 1. The van der Waals surface area contributed by atoms with Crippen LogP contribution in [0.1, 0.15) is 49.0 Å². The van der Waals surface area contributed by atoms with Gasteiger partial charge in [0, 0.05) is 12.0 Å². The molecule has 2 N–H and O–H groups in total. The number of carbonyl (C=O) groups is 2. The minimum absolute atomic E-state index is 0.0221. The van der Waals surface area contributed by atoms with Crippen molar-refractivity contribution in [3.63, 3.8) is 0 Å². The van der Waals surface area contributed by atoms with Gasteiger partial charge >= 0.3 is 12.1 Å². The van der Waals surface area contributed by atoms with Gasteiger partial charge in [0.15, 0.2) is 0 Å². The molecule has 2 rings (SSSR count). The van der Waals surface area contributed by atoms with Crippen molar-refractivity contribution >= 4 is 12.1 Å². The molecule has 5 nitrogen and oxygen atoms in total. The van der Waals surface area contributed by atoms with Crippen LogP contribution in [0.15, 0.2) is 24.3 Å². The first kappa shape index (κ1) is 14.4. The third kappa shape index (κ3) is 3.73. The molecule has 108 valence electrons. The van der Waals surface area contributed by atoms with Crippen molar-refractivity contribution in [2.75, 3.05) is 0 Å². The molecule has 20 heavy (non-hydrogen) atoms. The maximum atomic E-state index is 11.6. The van der Waals surface area contributed by atoms with E-state index in [9.17, 15) is 9.59 Å². The highest BCUT2D eigenvalue weighted by Gasteiger charge is 2.40. The topological polar surface area (TPSA) is 75.6 Å². The van der Waals surface area contributed by atoms with Gasteiger partial charge in [-0.05, 0) is 44.9 Å². The van der Waals surface area contributed by atoms with E-state index in [4.69, 9.17) is 9.84 Å². The Hall–Kier alpha value is -2.04. The molecule has 0 aromatic heterocycles. The van der Waals surface area contributed by atoms with Crippen LogP contribution in [0.25, 0.3) is 0 Å². The zero-order valence-corrected chi connectivity index (χ0v) is 11.8. The number of benzene rings is 1. The van der Waals surface area contributed by atoms with Crippen molar-refractivity contribution in [3.8, 4) is 0 Å². The summed E-state index contributed by atoms with van der Waals surface area (Å²) in [5.74, 6) is -0.772. The Morgan fingerprint density at radius 2 is 2.05 bits per heavy atom. The van der Waals surface area contributed by atoms with E-state index in [1.54, 1.807) is 18.2 Å². The number of carboxylic acid groups (broad SMARTS) is 1. The van der Waals surface area contributed by atoms with Crippen molar-refractivity contribution in [2.24, 2.45) is 0 Å². The van der Waals surface area contributed by atoms with Crippen LogP contribution in [0.4, 0.5) is 4.79 Å². The second-order valence-electron chi connectivity index (χ2n) is 6.03. The number of amides is 1. The molecule has 2 atom stereocenters. The molecule has 0 aliphatic heterocycles. The van der Waals surface area contributed by atoms with Crippen LogP contribution in [-0.2, 0) is 4.74 Å². The normalized spacial score (nSPS) is 21.1. The lowest BCUT2D eigenvalue weighted by Crippen LogP contribution is -2.34. The quantitative estimate of drug-likeness (QED) is 0.890. The number of hydrogen-bond donors (Lipinski definition) is 2. The fourth-order valence-electron chi connectivity index (χ4n) is 2.08. The van der Waals surface area contributed by atoms with Gasteiger partial charge in [0.2, 0.25) is 0 Å². The summed E-state index contributed by atoms with van der Waals surface area (Å²) in [6.45, 7) is 5.44. The van der Waals surface area contributed by atoms with Gasteiger partial charge in [-0.2, -0.15) is 0 Å². The van der Waals surface area contributed by atoms with Crippen molar-refractivity contribution in [2.45, 2.75) is 44.8 Å². The van der Waals surface area contributed by atoms with E-state index < -0.39 is 17.7 Å². The fraction of sp³-hybridized carbons (Fsp3) is 0.467. The molecule has 1 fully saturated rings. The zero-order chi connectivity index (χ0) is 14.9. The summed E-state index contributed by atoms with van der Waals surface area (Å²) < 4.78 is 5.19. The summed E-state index contributed by atoms with van der Waals surface area (Å²) in [7, 11) is 0. The van der Waals surface area contributed by atoms with E-state index in [0.717, 1.165) is 12.0 Å². The second-order valence-corrected chi connectivity index (χ2v) is 6.03. The third-order valence-electron chi connectivity index (χ3n) is 3.05. The van der Waals surface area contributed by atoms with Crippen molar-refractivity contribution < 1.29 is 19.4 Å². The summed E-state index contributed by atoms with van der Waals surface area (Å²) in [5, 5.41) is 11.8. The van der Waals surface area contributed by atoms with Crippen molar-refractivity contribution in [3.05, 3.63) is 35.4 Å². The molecule has 0 bridgehead atoms. The number of rotatable bonds is 3. The van der Waals surface area contributed by atoms with Gasteiger partial charge in [-0.3, -0.25) is 0 Å². The van der Waals surface area contributed by atoms with E-state index in [2.05, 4.69) is 5.32 Å². The Kier molecular flexibility index (Phi) is 3.70. The van der Waals surface area contributed by atoms with Gasteiger partial charge in [-0.15, -0.1) is 0 Å². The van der Waals surface area contributed by atoms with Crippen molar-refractivity contribution in [1.29, 1.82) is 0 Å². The summed E-state index contributed by atoms with van der Waals surface area (Å²) in [6.07, 6.45) is 0.377. The number of nitrogens with one attached hydrogen (secondary N) is 1. The summed E-state index contributed by atoms with van der Waals surface area (Å²) in [6, 6.07) is 6.85. The Morgan fingerprint density at radius 3 is 2.65 bits per heavy atom. The van der Waals surface area contributed by atoms with Crippen LogP contribution < -0.4 is 5.32 Å². The molecule has 0 radical (unpaired) electrons. The molecule has 0 saturated heterocycles. The standard InChI is InChI=1S/C15H19NO4/c1-15(2,3)20-14(19)16-12-8-11(12)9-5-4-6-10(7-9)13(17)18/h4-7,11-12H,8H2,1-3H3,(H,16,19)(H,17,18). The van der Waals surface area contributed by atoms with Crippen LogP contribution in [0.2, 0.25) is 0 Å². The Labute approximate surface area is 117 Å². The van der Waals surface area contributed by atoms with E-state index in [1.807, 2.05) is 26.8 Å². The SMILES string of the molecule is CC(C)(C)OC(=O)NC1CC1c1cccc(C(=O)O)c1. The highest BCUT2D eigenvalue weighted by atomic mass is 16.6. The van der Waals surface area contributed by atoms with Gasteiger partial charge in [-0.25, -0.2) is 9.59 Å². The van der Waals surface area contributed by atoms with Gasteiger partial charge in [-0.1, -0.05) is 12.1 Å². The van der Waals surface area contributed by atoms with Crippen LogP contribution >= 0.6 is 0 Å². The number of carboxylic acids is 1. The third-order valence-corrected chi connectivity index (χ3v) is 3.05. The van der Waals surface area contributed by atoms with E-state index in [0.29, 0.717) is 0 Å². The molecular weight excluding hydrogens is 258 g/mol. The minimum Gasteiger partial charge on any atom is -0.478 e. The first-order valence-corrected chi connectivity index (χ1v) is 6.59. The minimum atomic E-state index is -0.941. The van der Waals surface area contributed by atoms with Gasteiger partial charge < -0.3 is 15.2 Å². The summed E-state index contributed by atoms with van der Waals surface area (Å²) in [5.41, 5.74) is 0.689. The molecule has 2 unspecified atom stereocenters. The highest BCUT2D eigenvalue weighted by molar-refractivity contribution is 5.87. The van der Waals surface area contributed by atoms with Crippen LogP contribution in [0, 0.1) is 0 Å². The largest absolute Gasteiger partial charge is 0.478 e. The van der Waals surface area contributed by atoms with Crippen LogP contribution in [0.3, 0.4) is 0 Å². The lowest BCUT2D eigenvalue weighted by Gasteiger charge is -2.19. The summed E-state index contributed by atoms with van der Waals surface area (Å²) >= 11 is 0. The molecule has 1 aliphatic rings.